The first-order valence-electron chi connectivity index (χ1n) is 10.3. The normalized spacial score (nSPS) is 25.9. The van der Waals surface area contributed by atoms with E-state index < -0.39 is 0 Å². The van der Waals surface area contributed by atoms with Crippen LogP contribution in [-0.2, 0) is 0 Å². The first-order valence-corrected chi connectivity index (χ1v) is 10.3. The molecule has 5 heteroatoms. The highest BCUT2D eigenvalue weighted by Gasteiger charge is 2.38. The number of piperidine rings is 3. The van der Waals surface area contributed by atoms with Gasteiger partial charge in [-0.1, -0.05) is 31.5 Å². The largest absolute Gasteiger partial charge is 0.457 e. The summed E-state index contributed by atoms with van der Waals surface area (Å²) < 4.78 is 5.78. The number of rotatable bonds is 6. The Morgan fingerprint density at radius 2 is 1.86 bits per heavy atom. The monoisotopic (exact) mass is 379 g/mol. The summed E-state index contributed by atoms with van der Waals surface area (Å²) in [4.78, 5) is 14.8. The van der Waals surface area contributed by atoms with Crippen LogP contribution in [0.15, 0.2) is 54.6 Å². The van der Waals surface area contributed by atoms with E-state index in [1.165, 1.54) is 32.4 Å². The SMILES string of the molecule is CC[C@@H]1CN2CC[C@H]1C[C@@H]2CNC(=O)Nc1ccc(Oc2ccccc2)cc1. The van der Waals surface area contributed by atoms with E-state index in [4.69, 9.17) is 4.74 Å². The third-order valence-corrected chi connectivity index (χ3v) is 6.13. The Morgan fingerprint density at radius 3 is 2.54 bits per heavy atom. The molecule has 3 heterocycles. The molecule has 0 radical (unpaired) electrons. The minimum absolute atomic E-state index is 0.147. The molecule has 3 aliphatic rings. The second-order valence-corrected chi connectivity index (χ2v) is 7.88. The van der Waals surface area contributed by atoms with Crippen LogP contribution in [-0.4, -0.2) is 36.6 Å². The summed E-state index contributed by atoms with van der Waals surface area (Å²) in [6, 6.07) is 17.4. The van der Waals surface area contributed by atoms with Crippen LogP contribution in [0.5, 0.6) is 11.5 Å². The van der Waals surface area contributed by atoms with Crippen LogP contribution in [0.3, 0.4) is 0 Å². The van der Waals surface area contributed by atoms with Gasteiger partial charge in [0.2, 0.25) is 0 Å². The summed E-state index contributed by atoms with van der Waals surface area (Å²) in [6.07, 6.45) is 3.80. The average molecular weight is 380 g/mol. The van der Waals surface area contributed by atoms with E-state index in [9.17, 15) is 4.79 Å². The van der Waals surface area contributed by atoms with Crippen molar-refractivity contribution in [2.24, 2.45) is 11.8 Å². The quantitative estimate of drug-likeness (QED) is 0.763. The van der Waals surface area contributed by atoms with Gasteiger partial charge in [-0.3, -0.25) is 4.90 Å². The number of hydrogen-bond donors (Lipinski definition) is 2. The van der Waals surface area contributed by atoms with Crippen LogP contribution >= 0.6 is 0 Å². The van der Waals surface area contributed by atoms with Crippen LogP contribution in [0, 0.1) is 11.8 Å². The van der Waals surface area contributed by atoms with Gasteiger partial charge in [0.25, 0.3) is 0 Å². The zero-order chi connectivity index (χ0) is 19.3. The predicted molar refractivity (Wildman–Crippen MR) is 112 cm³/mol. The summed E-state index contributed by atoms with van der Waals surface area (Å²) in [7, 11) is 0. The summed E-state index contributed by atoms with van der Waals surface area (Å²) in [5.74, 6) is 3.22. The number of para-hydroxylation sites is 1. The Labute approximate surface area is 167 Å². The average Bonchev–Trinajstić information content (AvgIpc) is 2.75. The van der Waals surface area contributed by atoms with Crippen molar-refractivity contribution in [2.75, 3.05) is 25.0 Å². The maximum Gasteiger partial charge on any atom is 0.319 e. The van der Waals surface area contributed by atoms with Gasteiger partial charge in [-0.15, -0.1) is 0 Å². The first-order chi connectivity index (χ1) is 13.7. The van der Waals surface area contributed by atoms with Gasteiger partial charge >= 0.3 is 6.03 Å². The number of nitrogens with one attached hydrogen (secondary N) is 2. The predicted octanol–water partition coefficient (Wildman–Crippen LogP) is 4.72. The number of hydrogen-bond acceptors (Lipinski definition) is 3. The van der Waals surface area contributed by atoms with Gasteiger partial charge in [0.1, 0.15) is 11.5 Å². The van der Waals surface area contributed by atoms with Crippen LogP contribution in [0.1, 0.15) is 26.2 Å². The third-order valence-electron chi connectivity index (χ3n) is 6.13. The molecule has 2 aromatic carbocycles. The third kappa shape index (κ3) is 4.47. The van der Waals surface area contributed by atoms with E-state index in [1.807, 2.05) is 54.6 Å². The fourth-order valence-corrected chi connectivity index (χ4v) is 4.54. The molecule has 2 aromatic rings. The van der Waals surface area contributed by atoms with Crippen molar-refractivity contribution in [1.29, 1.82) is 0 Å². The molecule has 2 amide bonds. The molecule has 0 saturated carbocycles. The highest BCUT2D eigenvalue weighted by Crippen LogP contribution is 2.37. The zero-order valence-electron chi connectivity index (χ0n) is 16.4. The minimum Gasteiger partial charge on any atom is -0.457 e. The van der Waals surface area contributed by atoms with Crippen molar-refractivity contribution in [2.45, 2.75) is 32.2 Å². The van der Waals surface area contributed by atoms with Gasteiger partial charge < -0.3 is 15.4 Å². The van der Waals surface area contributed by atoms with Crippen LogP contribution < -0.4 is 15.4 Å². The van der Waals surface area contributed by atoms with Crippen LogP contribution in [0.4, 0.5) is 10.5 Å². The Balaban J connectivity index is 1.24. The smallest absolute Gasteiger partial charge is 0.319 e. The Morgan fingerprint density at radius 1 is 1.11 bits per heavy atom. The number of ether oxygens (including phenoxy) is 1. The maximum absolute atomic E-state index is 12.3. The molecule has 0 aliphatic carbocycles. The molecule has 28 heavy (non-hydrogen) atoms. The number of nitrogens with zero attached hydrogens (tertiary/aromatic N) is 1. The van der Waals surface area contributed by atoms with E-state index in [-0.39, 0.29) is 6.03 Å². The van der Waals surface area contributed by atoms with E-state index in [0.717, 1.165) is 29.0 Å². The van der Waals surface area contributed by atoms with Crippen molar-refractivity contribution >= 4 is 11.7 Å². The fraction of sp³-hybridized carbons (Fsp3) is 0.435. The molecule has 3 aliphatic heterocycles. The molecule has 2 bridgehead atoms. The highest BCUT2D eigenvalue weighted by atomic mass is 16.5. The van der Waals surface area contributed by atoms with Gasteiger partial charge in [-0.2, -0.15) is 0 Å². The molecule has 1 unspecified atom stereocenters. The zero-order valence-corrected chi connectivity index (χ0v) is 16.4. The second-order valence-electron chi connectivity index (χ2n) is 7.88. The molecular weight excluding hydrogens is 350 g/mol. The first kappa shape index (κ1) is 18.8. The number of benzene rings is 2. The number of anilines is 1. The topological polar surface area (TPSA) is 53.6 Å². The van der Waals surface area contributed by atoms with E-state index >= 15 is 0 Å². The lowest BCUT2D eigenvalue weighted by Gasteiger charge is -2.49. The summed E-state index contributed by atoms with van der Waals surface area (Å²) in [5, 5.41) is 5.96. The Bertz CT molecular complexity index is 778. The lowest BCUT2D eigenvalue weighted by molar-refractivity contribution is 0.00159. The van der Waals surface area contributed by atoms with Gasteiger partial charge in [0.05, 0.1) is 0 Å². The number of urea groups is 1. The molecule has 4 atom stereocenters. The van der Waals surface area contributed by atoms with E-state index in [2.05, 4.69) is 22.5 Å². The number of fused-ring (bicyclic) bond motifs is 3. The molecule has 3 fully saturated rings. The summed E-state index contributed by atoms with van der Waals surface area (Å²) in [5.41, 5.74) is 0.759. The number of amides is 2. The molecule has 5 nitrogen and oxygen atoms in total. The molecule has 0 aromatic heterocycles. The van der Waals surface area contributed by atoms with Gasteiger partial charge in [-0.25, -0.2) is 4.79 Å². The van der Waals surface area contributed by atoms with Crippen molar-refractivity contribution in [1.82, 2.24) is 10.2 Å². The molecule has 0 spiro atoms. The van der Waals surface area contributed by atoms with E-state index in [0.29, 0.717) is 12.6 Å². The van der Waals surface area contributed by atoms with Gasteiger partial charge in [0.15, 0.2) is 0 Å². The molecule has 2 N–H and O–H groups in total. The lowest BCUT2D eigenvalue weighted by Crippen LogP contribution is -2.56. The van der Waals surface area contributed by atoms with Crippen molar-refractivity contribution in [3.05, 3.63) is 54.6 Å². The molecule has 5 rings (SSSR count). The maximum atomic E-state index is 12.3. The van der Waals surface area contributed by atoms with Crippen LogP contribution in [0.2, 0.25) is 0 Å². The van der Waals surface area contributed by atoms with Gasteiger partial charge in [0, 0.05) is 24.8 Å². The summed E-state index contributed by atoms with van der Waals surface area (Å²) in [6.45, 7) is 5.38. The van der Waals surface area contributed by atoms with E-state index in [1.54, 1.807) is 0 Å². The summed E-state index contributed by atoms with van der Waals surface area (Å²) >= 11 is 0. The lowest BCUT2D eigenvalue weighted by atomic mass is 9.74. The van der Waals surface area contributed by atoms with Crippen molar-refractivity contribution in [3.8, 4) is 11.5 Å². The van der Waals surface area contributed by atoms with Crippen LogP contribution in [0.25, 0.3) is 0 Å². The molecule has 148 valence electrons. The standard InChI is InChI=1S/C23H29N3O2/c1-2-17-16-26-13-12-18(17)14-20(26)15-24-23(27)25-19-8-10-22(11-9-19)28-21-6-4-3-5-7-21/h3-11,17-18,20H,2,12-16H2,1H3,(H2,24,25,27)/t17-,18+,20-/m1/s1. The molecule has 3 saturated heterocycles. The number of carbonyl (C=O) groups excluding carboxylic acids is 1. The second kappa shape index (κ2) is 8.65. The Kier molecular flexibility index (Phi) is 5.81. The van der Waals surface area contributed by atoms with Gasteiger partial charge in [-0.05, 0) is 67.6 Å². The minimum atomic E-state index is -0.147. The fourth-order valence-electron chi connectivity index (χ4n) is 4.54. The van der Waals surface area contributed by atoms with Crippen molar-refractivity contribution < 1.29 is 9.53 Å². The number of carbonyl (C=O) groups is 1. The highest BCUT2D eigenvalue weighted by molar-refractivity contribution is 5.89. The molecular formula is C23H29N3O2. The Hall–Kier alpha value is -2.53. The van der Waals surface area contributed by atoms with Crippen molar-refractivity contribution in [3.63, 3.8) is 0 Å².